The Morgan fingerprint density at radius 2 is 1.69 bits per heavy atom. The Kier molecular flexibility index (Phi) is 2.68. The molecular weight excluding hydrogens is 160 g/mol. The van der Waals surface area contributed by atoms with E-state index in [2.05, 4.69) is 38.7 Å². The number of rotatable bonds is 0. The largest absolute Gasteiger partial charge is 0.298 e. The van der Waals surface area contributed by atoms with E-state index >= 15 is 0 Å². The first-order chi connectivity index (χ1) is 5.87. The molecule has 2 nitrogen and oxygen atoms in total. The zero-order valence-electron chi connectivity index (χ0n) is 9.22. The van der Waals surface area contributed by atoms with Crippen LogP contribution < -0.4 is 0 Å². The zero-order chi connectivity index (χ0) is 10.1. The van der Waals surface area contributed by atoms with Crippen LogP contribution in [-0.2, 0) is 0 Å². The second-order valence-corrected chi connectivity index (χ2v) is 5.33. The van der Waals surface area contributed by atoms with Crippen LogP contribution in [0.5, 0.6) is 0 Å². The summed E-state index contributed by atoms with van der Waals surface area (Å²) in [5.41, 5.74) is 0.193. The van der Waals surface area contributed by atoms with Crippen LogP contribution in [0.25, 0.3) is 0 Å². The van der Waals surface area contributed by atoms with Crippen LogP contribution in [0.4, 0.5) is 0 Å². The highest BCUT2D eigenvalue weighted by molar-refractivity contribution is 5.00. The lowest BCUT2D eigenvalue weighted by Gasteiger charge is -2.42. The molecule has 1 aliphatic heterocycles. The lowest BCUT2D eigenvalue weighted by Crippen LogP contribution is -2.48. The minimum Gasteiger partial charge on any atom is -0.298 e. The Balaban J connectivity index is 2.54. The number of likely N-dealkylation sites (tertiary alicyclic amines) is 1. The summed E-state index contributed by atoms with van der Waals surface area (Å²) in [5, 5.41) is 8.97. The van der Waals surface area contributed by atoms with Crippen molar-refractivity contribution in [2.24, 2.45) is 5.41 Å². The normalized spacial score (nSPS) is 23.9. The quantitative estimate of drug-likeness (QED) is 0.572. The molecule has 1 saturated heterocycles. The molecule has 0 aromatic rings. The molecule has 0 radical (unpaired) electrons. The molecule has 13 heavy (non-hydrogen) atoms. The predicted molar refractivity (Wildman–Crippen MR) is 54.3 cm³/mol. The molecule has 0 N–H and O–H groups in total. The molecule has 1 heterocycles. The zero-order valence-corrected chi connectivity index (χ0v) is 9.22. The second-order valence-electron chi connectivity index (χ2n) is 5.33. The lowest BCUT2D eigenvalue weighted by atomic mass is 9.81. The monoisotopic (exact) mass is 180 g/mol. The maximum Gasteiger partial charge on any atom is 0.0687 e. The summed E-state index contributed by atoms with van der Waals surface area (Å²) in [6.45, 7) is 10.9. The van der Waals surface area contributed by atoms with E-state index in [0.717, 1.165) is 25.9 Å². The van der Waals surface area contributed by atoms with Gasteiger partial charge < -0.3 is 0 Å². The van der Waals surface area contributed by atoms with Gasteiger partial charge in [0.2, 0.25) is 0 Å². The van der Waals surface area contributed by atoms with Gasteiger partial charge >= 0.3 is 0 Å². The molecule has 0 bridgehead atoms. The van der Waals surface area contributed by atoms with E-state index in [4.69, 9.17) is 5.26 Å². The van der Waals surface area contributed by atoms with Crippen molar-refractivity contribution in [2.75, 3.05) is 13.1 Å². The summed E-state index contributed by atoms with van der Waals surface area (Å²) in [4.78, 5) is 2.46. The van der Waals surface area contributed by atoms with Gasteiger partial charge in [0, 0.05) is 18.6 Å². The van der Waals surface area contributed by atoms with Gasteiger partial charge in [-0.1, -0.05) is 0 Å². The third-order valence-electron chi connectivity index (χ3n) is 3.09. The van der Waals surface area contributed by atoms with Crippen molar-refractivity contribution in [3.8, 4) is 6.07 Å². The van der Waals surface area contributed by atoms with Gasteiger partial charge in [0.25, 0.3) is 0 Å². The molecule has 1 rings (SSSR count). The van der Waals surface area contributed by atoms with Gasteiger partial charge in [-0.2, -0.15) is 5.26 Å². The summed E-state index contributed by atoms with van der Waals surface area (Å²) >= 11 is 0. The molecule has 1 aliphatic rings. The molecule has 0 aromatic heterocycles. The van der Waals surface area contributed by atoms with Gasteiger partial charge in [-0.05, 0) is 40.5 Å². The minimum absolute atomic E-state index is 0.0677. The molecule has 0 saturated carbocycles. The van der Waals surface area contributed by atoms with E-state index in [1.165, 1.54) is 0 Å². The summed E-state index contributed by atoms with van der Waals surface area (Å²) in [5.74, 6) is 0. The Labute approximate surface area is 81.5 Å². The summed E-state index contributed by atoms with van der Waals surface area (Å²) in [6.07, 6.45) is 2.03. The van der Waals surface area contributed by atoms with Crippen LogP contribution in [0, 0.1) is 16.7 Å². The van der Waals surface area contributed by atoms with Crippen molar-refractivity contribution < 1.29 is 0 Å². The fourth-order valence-electron chi connectivity index (χ4n) is 1.78. The molecule has 74 valence electrons. The summed E-state index contributed by atoms with van der Waals surface area (Å²) in [6, 6.07) is 2.43. The van der Waals surface area contributed by atoms with Crippen molar-refractivity contribution in [2.45, 2.75) is 46.1 Å². The lowest BCUT2D eigenvalue weighted by molar-refractivity contribution is 0.0724. The van der Waals surface area contributed by atoms with Crippen LogP contribution in [0.2, 0.25) is 0 Å². The van der Waals surface area contributed by atoms with E-state index in [1.54, 1.807) is 0 Å². The van der Waals surface area contributed by atoms with Crippen LogP contribution in [0.15, 0.2) is 0 Å². The SMILES string of the molecule is CC1(C#N)CCN(C(C)(C)C)CC1. The van der Waals surface area contributed by atoms with Gasteiger partial charge in [0.1, 0.15) is 0 Å². The van der Waals surface area contributed by atoms with Gasteiger partial charge in [0.05, 0.1) is 11.5 Å². The minimum atomic E-state index is -0.0677. The Hall–Kier alpha value is -0.550. The van der Waals surface area contributed by atoms with E-state index in [0.29, 0.717) is 0 Å². The van der Waals surface area contributed by atoms with Gasteiger partial charge in [0.15, 0.2) is 0 Å². The first kappa shape index (κ1) is 10.5. The molecule has 0 atom stereocenters. The molecule has 0 unspecified atom stereocenters. The molecule has 0 aliphatic carbocycles. The van der Waals surface area contributed by atoms with Crippen molar-refractivity contribution in [3.63, 3.8) is 0 Å². The van der Waals surface area contributed by atoms with Gasteiger partial charge in [-0.15, -0.1) is 0 Å². The van der Waals surface area contributed by atoms with E-state index < -0.39 is 0 Å². The topological polar surface area (TPSA) is 27.0 Å². The maximum atomic E-state index is 8.97. The fourth-order valence-corrected chi connectivity index (χ4v) is 1.78. The van der Waals surface area contributed by atoms with Crippen molar-refractivity contribution in [3.05, 3.63) is 0 Å². The van der Waals surface area contributed by atoms with E-state index in [-0.39, 0.29) is 11.0 Å². The third kappa shape index (κ3) is 2.45. The molecule has 0 aromatic carbocycles. The standard InChI is InChI=1S/C11H20N2/c1-10(2,3)13-7-5-11(4,9-12)6-8-13/h5-8H2,1-4H3. The average Bonchev–Trinajstić information content (AvgIpc) is 2.04. The Morgan fingerprint density at radius 3 is 2.00 bits per heavy atom. The van der Waals surface area contributed by atoms with Gasteiger partial charge in [-0.3, -0.25) is 4.90 Å². The predicted octanol–water partition coefficient (Wildman–Crippen LogP) is 2.41. The van der Waals surface area contributed by atoms with Crippen molar-refractivity contribution in [1.82, 2.24) is 4.90 Å². The average molecular weight is 180 g/mol. The number of nitriles is 1. The highest BCUT2D eigenvalue weighted by Gasteiger charge is 2.33. The van der Waals surface area contributed by atoms with E-state index in [9.17, 15) is 0 Å². The third-order valence-corrected chi connectivity index (χ3v) is 3.09. The van der Waals surface area contributed by atoms with Crippen LogP contribution in [0.1, 0.15) is 40.5 Å². The first-order valence-corrected chi connectivity index (χ1v) is 5.04. The van der Waals surface area contributed by atoms with Crippen molar-refractivity contribution in [1.29, 1.82) is 5.26 Å². The highest BCUT2D eigenvalue weighted by Crippen LogP contribution is 2.32. The van der Waals surface area contributed by atoms with Gasteiger partial charge in [-0.25, -0.2) is 0 Å². The molecule has 2 heteroatoms. The Bertz CT molecular complexity index is 211. The van der Waals surface area contributed by atoms with Crippen LogP contribution in [-0.4, -0.2) is 23.5 Å². The highest BCUT2D eigenvalue weighted by atomic mass is 15.2. The van der Waals surface area contributed by atoms with Crippen molar-refractivity contribution >= 4 is 0 Å². The summed E-state index contributed by atoms with van der Waals surface area (Å²) in [7, 11) is 0. The van der Waals surface area contributed by atoms with E-state index in [1.807, 2.05) is 0 Å². The second kappa shape index (κ2) is 3.31. The maximum absolute atomic E-state index is 8.97. The number of hydrogen-bond acceptors (Lipinski definition) is 2. The van der Waals surface area contributed by atoms with Crippen LogP contribution in [0.3, 0.4) is 0 Å². The first-order valence-electron chi connectivity index (χ1n) is 5.04. The smallest absolute Gasteiger partial charge is 0.0687 e. The molecule has 1 fully saturated rings. The molecule has 0 amide bonds. The summed E-state index contributed by atoms with van der Waals surface area (Å²) < 4.78 is 0. The molecule has 0 spiro atoms. The molecular formula is C11H20N2. The number of hydrogen-bond donors (Lipinski definition) is 0. The fraction of sp³-hybridized carbons (Fsp3) is 0.909. The number of nitrogens with zero attached hydrogens (tertiary/aromatic N) is 2. The Morgan fingerprint density at radius 1 is 1.23 bits per heavy atom. The van der Waals surface area contributed by atoms with Crippen LogP contribution >= 0.6 is 0 Å². The number of piperidine rings is 1.